The van der Waals surface area contributed by atoms with Crippen LogP contribution in [0.4, 0.5) is 8.78 Å². The van der Waals surface area contributed by atoms with E-state index in [0.29, 0.717) is 18.5 Å². The minimum atomic E-state index is -2.28. The van der Waals surface area contributed by atoms with Gasteiger partial charge < -0.3 is 5.32 Å². The largest absolute Gasteiger partial charge is 0.311 e. The molecule has 1 aromatic rings. The zero-order chi connectivity index (χ0) is 14.5. The minimum Gasteiger partial charge on any atom is -0.311 e. The number of piperazine rings is 1. The van der Waals surface area contributed by atoms with Crippen molar-refractivity contribution in [3.8, 4) is 0 Å². The highest BCUT2D eigenvalue weighted by Gasteiger charge is 2.32. The summed E-state index contributed by atoms with van der Waals surface area (Å²) in [6.45, 7) is 5.62. The fourth-order valence-corrected chi connectivity index (χ4v) is 2.89. The highest BCUT2D eigenvalue weighted by molar-refractivity contribution is 5.20. The van der Waals surface area contributed by atoms with E-state index >= 15 is 0 Å². The SMILES string of the molecule is CCC(C)C1CN(CC(F)F)C(c2ccccc2)CN1. The summed E-state index contributed by atoms with van der Waals surface area (Å²) < 4.78 is 25.7. The van der Waals surface area contributed by atoms with Crippen LogP contribution in [0.1, 0.15) is 31.9 Å². The number of nitrogens with one attached hydrogen (secondary N) is 1. The molecular weight excluding hydrogens is 258 g/mol. The van der Waals surface area contributed by atoms with E-state index in [-0.39, 0.29) is 12.6 Å². The molecule has 1 N–H and O–H groups in total. The first kappa shape index (κ1) is 15.4. The number of alkyl halides is 2. The zero-order valence-corrected chi connectivity index (χ0v) is 12.2. The Labute approximate surface area is 120 Å². The van der Waals surface area contributed by atoms with Gasteiger partial charge in [0.2, 0.25) is 0 Å². The molecule has 0 aliphatic carbocycles. The summed E-state index contributed by atoms with van der Waals surface area (Å²) in [5.41, 5.74) is 1.11. The lowest BCUT2D eigenvalue weighted by Crippen LogP contribution is -2.55. The Hall–Kier alpha value is -1.00. The smallest absolute Gasteiger partial charge is 0.251 e. The second kappa shape index (κ2) is 7.14. The van der Waals surface area contributed by atoms with Crippen LogP contribution in [0, 0.1) is 5.92 Å². The number of hydrogen-bond acceptors (Lipinski definition) is 2. The maximum Gasteiger partial charge on any atom is 0.251 e. The summed E-state index contributed by atoms with van der Waals surface area (Å²) in [5, 5.41) is 3.54. The molecule has 1 heterocycles. The van der Waals surface area contributed by atoms with Crippen LogP contribution < -0.4 is 5.32 Å². The van der Waals surface area contributed by atoms with Crippen LogP contribution in [0.3, 0.4) is 0 Å². The molecule has 0 aromatic heterocycles. The predicted molar refractivity (Wildman–Crippen MR) is 78.0 cm³/mol. The van der Waals surface area contributed by atoms with E-state index in [1.807, 2.05) is 35.2 Å². The summed E-state index contributed by atoms with van der Waals surface area (Å²) >= 11 is 0. The van der Waals surface area contributed by atoms with E-state index in [1.54, 1.807) is 0 Å². The Morgan fingerprint density at radius 1 is 1.30 bits per heavy atom. The van der Waals surface area contributed by atoms with Crippen LogP contribution in [0.25, 0.3) is 0 Å². The van der Waals surface area contributed by atoms with Crippen molar-refractivity contribution >= 4 is 0 Å². The molecule has 1 fully saturated rings. The van der Waals surface area contributed by atoms with Crippen LogP contribution in [0.5, 0.6) is 0 Å². The van der Waals surface area contributed by atoms with Crippen molar-refractivity contribution < 1.29 is 8.78 Å². The average Bonchev–Trinajstić information content (AvgIpc) is 2.46. The maximum atomic E-state index is 12.9. The van der Waals surface area contributed by atoms with Crippen molar-refractivity contribution in [1.29, 1.82) is 0 Å². The number of rotatable bonds is 5. The second-order valence-electron chi connectivity index (χ2n) is 5.67. The van der Waals surface area contributed by atoms with Gasteiger partial charge in [-0.25, -0.2) is 8.78 Å². The summed E-state index contributed by atoms with van der Waals surface area (Å²) in [5.74, 6) is 0.506. The fraction of sp³-hybridized carbons (Fsp3) is 0.625. The van der Waals surface area contributed by atoms with Gasteiger partial charge in [-0.2, -0.15) is 0 Å². The van der Waals surface area contributed by atoms with Crippen LogP contribution >= 0.6 is 0 Å². The Morgan fingerprint density at radius 3 is 2.60 bits per heavy atom. The second-order valence-corrected chi connectivity index (χ2v) is 5.67. The molecule has 1 aromatic carbocycles. The van der Waals surface area contributed by atoms with Crippen molar-refractivity contribution in [3.63, 3.8) is 0 Å². The van der Waals surface area contributed by atoms with E-state index in [9.17, 15) is 8.78 Å². The first-order valence-corrected chi connectivity index (χ1v) is 7.42. The summed E-state index contributed by atoms with van der Waals surface area (Å²) in [6.07, 6.45) is -1.21. The molecular formula is C16H24F2N2. The molecule has 1 aliphatic rings. The lowest BCUT2D eigenvalue weighted by atomic mass is 9.93. The van der Waals surface area contributed by atoms with Gasteiger partial charge in [0, 0.05) is 25.2 Å². The topological polar surface area (TPSA) is 15.3 Å². The van der Waals surface area contributed by atoms with Gasteiger partial charge in [-0.3, -0.25) is 4.90 Å². The molecule has 0 saturated carbocycles. The van der Waals surface area contributed by atoms with Gasteiger partial charge in [-0.15, -0.1) is 0 Å². The molecule has 0 spiro atoms. The van der Waals surface area contributed by atoms with E-state index in [0.717, 1.165) is 18.5 Å². The standard InChI is InChI=1S/C16H24F2N2/c1-3-12(2)14-10-20(11-16(17)18)15(9-19-14)13-7-5-4-6-8-13/h4-8,12,14-16,19H,3,9-11H2,1-2H3. The lowest BCUT2D eigenvalue weighted by molar-refractivity contribution is 0.0350. The van der Waals surface area contributed by atoms with Crippen molar-refractivity contribution in [2.75, 3.05) is 19.6 Å². The number of halogens is 2. The zero-order valence-electron chi connectivity index (χ0n) is 12.2. The first-order chi connectivity index (χ1) is 9.61. The Kier molecular flexibility index (Phi) is 5.49. The summed E-state index contributed by atoms with van der Waals surface area (Å²) in [4.78, 5) is 1.94. The van der Waals surface area contributed by atoms with Crippen LogP contribution in [-0.4, -0.2) is 37.0 Å². The van der Waals surface area contributed by atoms with Gasteiger partial charge in [0.05, 0.1) is 6.54 Å². The van der Waals surface area contributed by atoms with Gasteiger partial charge >= 0.3 is 0 Å². The molecule has 112 valence electrons. The van der Waals surface area contributed by atoms with Crippen molar-refractivity contribution in [3.05, 3.63) is 35.9 Å². The number of hydrogen-bond donors (Lipinski definition) is 1. The van der Waals surface area contributed by atoms with Crippen LogP contribution in [0.2, 0.25) is 0 Å². The van der Waals surface area contributed by atoms with Crippen molar-refractivity contribution in [1.82, 2.24) is 10.2 Å². The Bertz CT molecular complexity index is 397. The third-order valence-corrected chi connectivity index (χ3v) is 4.33. The van der Waals surface area contributed by atoms with Gasteiger partial charge in [0.15, 0.2) is 0 Å². The molecule has 0 radical (unpaired) electrons. The van der Waals surface area contributed by atoms with Crippen molar-refractivity contribution in [2.45, 2.75) is 38.8 Å². The third kappa shape index (κ3) is 3.76. The highest BCUT2D eigenvalue weighted by atomic mass is 19.3. The van der Waals surface area contributed by atoms with Gasteiger partial charge in [0.1, 0.15) is 0 Å². The molecule has 20 heavy (non-hydrogen) atoms. The quantitative estimate of drug-likeness (QED) is 0.891. The maximum absolute atomic E-state index is 12.9. The molecule has 0 amide bonds. The summed E-state index contributed by atoms with van der Waals surface area (Å²) in [7, 11) is 0. The van der Waals surface area contributed by atoms with Gasteiger partial charge in [0.25, 0.3) is 6.43 Å². The van der Waals surface area contributed by atoms with Gasteiger partial charge in [-0.1, -0.05) is 50.6 Å². The molecule has 3 atom stereocenters. The van der Waals surface area contributed by atoms with Crippen molar-refractivity contribution in [2.24, 2.45) is 5.92 Å². The fourth-order valence-electron chi connectivity index (χ4n) is 2.89. The molecule has 2 rings (SSSR count). The van der Waals surface area contributed by atoms with E-state index in [1.165, 1.54) is 0 Å². The Balaban J connectivity index is 2.12. The van der Waals surface area contributed by atoms with E-state index in [2.05, 4.69) is 19.2 Å². The van der Waals surface area contributed by atoms with E-state index < -0.39 is 6.43 Å². The molecule has 2 nitrogen and oxygen atoms in total. The van der Waals surface area contributed by atoms with E-state index in [4.69, 9.17) is 0 Å². The van der Waals surface area contributed by atoms with Crippen LogP contribution in [0.15, 0.2) is 30.3 Å². The molecule has 3 unspecified atom stereocenters. The predicted octanol–water partition coefficient (Wildman–Crippen LogP) is 3.31. The molecule has 4 heteroatoms. The average molecular weight is 282 g/mol. The first-order valence-electron chi connectivity index (χ1n) is 7.42. The normalized spacial score (nSPS) is 25.9. The number of benzene rings is 1. The Morgan fingerprint density at radius 2 is 2.00 bits per heavy atom. The monoisotopic (exact) mass is 282 g/mol. The molecule has 1 aliphatic heterocycles. The summed E-state index contributed by atoms with van der Waals surface area (Å²) in [6, 6.07) is 10.3. The van der Waals surface area contributed by atoms with Gasteiger partial charge in [-0.05, 0) is 11.5 Å². The minimum absolute atomic E-state index is 0.0468. The third-order valence-electron chi connectivity index (χ3n) is 4.33. The number of nitrogens with zero attached hydrogens (tertiary/aromatic N) is 1. The highest BCUT2D eigenvalue weighted by Crippen LogP contribution is 2.26. The van der Waals surface area contributed by atoms with Crippen LogP contribution in [-0.2, 0) is 0 Å². The lowest BCUT2D eigenvalue weighted by Gasteiger charge is -2.42. The molecule has 1 saturated heterocycles. The molecule has 0 bridgehead atoms.